The Bertz CT molecular complexity index is 379. The van der Waals surface area contributed by atoms with Crippen LogP contribution in [0, 0.1) is 25.7 Å². The first-order valence-electron chi connectivity index (χ1n) is 6.63. The fourth-order valence-electron chi connectivity index (χ4n) is 2.43. The first kappa shape index (κ1) is 12.3. The highest BCUT2D eigenvalue weighted by Gasteiger charge is 2.22. The second kappa shape index (κ2) is 5.03. The number of hydrogen-bond donors (Lipinski definition) is 0. The summed E-state index contributed by atoms with van der Waals surface area (Å²) in [6.07, 6.45) is 4.48. The number of nitrogens with zero attached hydrogens (tertiary/aromatic N) is 3. The Kier molecular flexibility index (Phi) is 3.65. The largest absolute Gasteiger partial charge is 0.341 e. The highest BCUT2D eigenvalue weighted by atomic mass is 15.2. The lowest BCUT2D eigenvalue weighted by atomic mass is 9.87. The monoisotopic (exact) mass is 233 g/mol. The minimum atomic E-state index is 0.804. The van der Waals surface area contributed by atoms with Crippen LogP contribution in [0.15, 0.2) is 6.20 Å². The zero-order chi connectivity index (χ0) is 12.4. The van der Waals surface area contributed by atoms with Gasteiger partial charge in [-0.05, 0) is 44.1 Å². The van der Waals surface area contributed by atoms with Gasteiger partial charge in [0.1, 0.15) is 0 Å². The van der Waals surface area contributed by atoms with Gasteiger partial charge in [0.2, 0.25) is 5.95 Å². The van der Waals surface area contributed by atoms with Gasteiger partial charge in [0.25, 0.3) is 0 Å². The van der Waals surface area contributed by atoms with Crippen LogP contribution in [0.1, 0.15) is 37.9 Å². The molecule has 1 aliphatic rings. The van der Waals surface area contributed by atoms with E-state index in [9.17, 15) is 0 Å². The van der Waals surface area contributed by atoms with Gasteiger partial charge in [-0.2, -0.15) is 0 Å². The number of anilines is 1. The summed E-state index contributed by atoms with van der Waals surface area (Å²) in [6, 6.07) is 0. The van der Waals surface area contributed by atoms with Crippen LogP contribution >= 0.6 is 0 Å². The molecule has 3 heteroatoms. The summed E-state index contributed by atoms with van der Waals surface area (Å²) < 4.78 is 0. The lowest BCUT2D eigenvalue weighted by molar-refractivity contribution is 0.310. The topological polar surface area (TPSA) is 29.0 Å². The third-order valence-corrected chi connectivity index (χ3v) is 3.98. The molecule has 1 aliphatic heterocycles. The van der Waals surface area contributed by atoms with E-state index in [2.05, 4.69) is 42.6 Å². The van der Waals surface area contributed by atoms with E-state index in [0.717, 1.165) is 36.6 Å². The van der Waals surface area contributed by atoms with E-state index in [1.807, 2.05) is 6.20 Å². The summed E-state index contributed by atoms with van der Waals surface area (Å²) in [5, 5.41) is 0. The molecule has 0 spiro atoms. The molecule has 1 aromatic rings. The summed E-state index contributed by atoms with van der Waals surface area (Å²) in [5.41, 5.74) is 2.27. The summed E-state index contributed by atoms with van der Waals surface area (Å²) in [7, 11) is 0. The maximum Gasteiger partial charge on any atom is 0.225 e. The second-order valence-corrected chi connectivity index (χ2v) is 5.51. The van der Waals surface area contributed by atoms with E-state index in [1.165, 1.54) is 18.4 Å². The smallest absolute Gasteiger partial charge is 0.225 e. The minimum Gasteiger partial charge on any atom is -0.341 e. The van der Waals surface area contributed by atoms with Crippen LogP contribution in [0.25, 0.3) is 0 Å². The first-order valence-corrected chi connectivity index (χ1v) is 6.63. The van der Waals surface area contributed by atoms with E-state index in [0.29, 0.717) is 0 Å². The molecule has 0 amide bonds. The zero-order valence-corrected chi connectivity index (χ0v) is 11.4. The predicted molar refractivity (Wildman–Crippen MR) is 71.3 cm³/mol. The van der Waals surface area contributed by atoms with E-state index < -0.39 is 0 Å². The van der Waals surface area contributed by atoms with Gasteiger partial charge < -0.3 is 4.90 Å². The molecule has 3 nitrogen and oxygen atoms in total. The molecule has 0 bridgehead atoms. The van der Waals surface area contributed by atoms with Gasteiger partial charge in [-0.25, -0.2) is 9.97 Å². The molecular weight excluding hydrogens is 210 g/mol. The average molecular weight is 233 g/mol. The normalized spacial score (nSPS) is 17.8. The van der Waals surface area contributed by atoms with Crippen LogP contribution in [-0.4, -0.2) is 23.1 Å². The van der Waals surface area contributed by atoms with Crippen molar-refractivity contribution in [2.75, 3.05) is 18.0 Å². The molecule has 2 rings (SSSR count). The molecule has 0 saturated carbocycles. The van der Waals surface area contributed by atoms with Crippen molar-refractivity contribution in [1.29, 1.82) is 0 Å². The van der Waals surface area contributed by atoms with Crippen molar-refractivity contribution in [3.05, 3.63) is 17.5 Å². The number of rotatable bonds is 2. The van der Waals surface area contributed by atoms with E-state index in [-0.39, 0.29) is 0 Å². The molecular formula is C14H23N3. The molecule has 0 atom stereocenters. The highest BCUT2D eigenvalue weighted by molar-refractivity contribution is 5.33. The van der Waals surface area contributed by atoms with Crippen molar-refractivity contribution in [2.24, 2.45) is 11.8 Å². The number of hydrogen-bond acceptors (Lipinski definition) is 3. The van der Waals surface area contributed by atoms with E-state index in [4.69, 9.17) is 0 Å². The van der Waals surface area contributed by atoms with Gasteiger partial charge in [0.15, 0.2) is 0 Å². The van der Waals surface area contributed by atoms with Gasteiger partial charge in [0.05, 0.1) is 0 Å². The molecule has 1 fully saturated rings. The van der Waals surface area contributed by atoms with Crippen molar-refractivity contribution in [3.8, 4) is 0 Å². The Morgan fingerprint density at radius 1 is 1.24 bits per heavy atom. The molecule has 17 heavy (non-hydrogen) atoms. The third kappa shape index (κ3) is 2.76. The van der Waals surface area contributed by atoms with E-state index >= 15 is 0 Å². The third-order valence-electron chi connectivity index (χ3n) is 3.98. The Morgan fingerprint density at radius 3 is 2.41 bits per heavy atom. The highest BCUT2D eigenvalue weighted by Crippen LogP contribution is 2.26. The maximum atomic E-state index is 4.58. The fourth-order valence-corrected chi connectivity index (χ4v) is 2.43. The molecule has 0 aliphatic carbocycles. The summed E-state index contributed by atoms with van der Waals surface area (Å²) in [6.45, 7) is 11.0. The van der Waals surface area contributed by atoms with Gasteiger partial charge in [0, 0.05) is 25.0 Å². The summed E-state index contributed by atoms with van der Waals surface area (Å²) in [5.74, 6) is 2.59. The Labute approximate surface area is 104 Å². The predicted octanol–water partition coefficient (Wildman–Crippen LogP) is 2.97. The van der Waals surface area contributed by atoms with Crippen molar-refractivity contribution in [2.45, 2.75) is 40.5 Å². The lowest BCUT2D eigenvalue weighted by Crippen LogP contribution is -2.36. The molecule has 1 aromatic heterocycles. The van der Waals surface area contributed by atoms with Gasteiger partial charge in [-0.15, -0.1) is 0 Å². The molecule has 0 unspecified atom stereocenters. The van der Waals surface area contributed by atoms with Gasteiger partial charge >= 0.3 is 0 Å². The Balaban J connectivity index is 2.03. The minimum absolute atomic E-state index is 0.804. The average Bonchev–Trinajstić information content (AvgIpc) is 2.33. The fraction of sp³-hybridized carbons (Fsp3) is 0.714. The SMILES string of the molecule is Cc1cnc(N2CCC(C(C)C)CC2)nc1C. The summed E-state index contributed by atoms with van der Waals surface area (Å²) in [4.78, 5) is 11.4. The Morgan fingerprint density at radius 2 is 1.88 bits per heavy atom. The van der Waals surface area contributed by atoms with Crippen LogP contribution in [0.5, 0.6) is 0 Å². The zero-order valence-electron chi connectivity index (χ0n) is 11.4. The molecule has 1 saturated heterocycles. The quantitative estimate of drug-likeness (QED) is 0.786. The molecule has 0 aromatic carbocycles. The molecule has 2 heterocycles. The number of aryl methyl sites for hydroxylation is 2. The lowest BCUT2D eigenvalue weighted by Gasteiger charge is -2.33. The van der Waals surface area contributed by atoms with Crippen LogP contribution in [-0.2, 0) is 0 Å². The Hall–Kier alpha value is -1.12. The number of piperidine rings is 1. The van der Waals surface area contributed by atoms with Crippen LogP contribution < -0.4 is 4.90 Å². The maximum absolute atomic E-state index is 4.58. The molecule has 0 N–H and O–H groups in total. The van der Waals surface area contributed by atoms with Crippen molar-refractivity contribution in [3.63, 3.8) is 0 Å². The second-order valence-electron chi connectivity index (χ2n) is 5.51. The van der Waals surface area contributed by atoms with Crippen molar-refractivity contribution < 1.29 is 0 Å². The van der Waals surface area contributed by atoms with Crippen LogP contribution in [0.3, 0.4) is 0 Å². The van der Waals surface area contributed by atoms with Crippen LogP contribution in [0.2, 0.25) is 0 Å². The first-order chi connectivity index (χ1) is 8.08. The van der Waals surface area contributed by atoms with Crippen molar-refractivity contribution >= 4 is 5.95 Å². The van der Waals surface area contributed by atoms with E-state index in [1.54, 1.807) is 0 Å². The van der Waals surface area contributed by atoms with Gasteiger partial charge in [-0.3, -0.25) is 0 Å². The van der Waals surface area contributed by atoms with Gasteiger partial charge in [-0.1, -0.05) is 13.8 Å². The van der Waals surface area contributed by atoms with Crippen LogP contribution in [0.4, 0.5) is 5.95 Å². The standard InChI is InChI=1S/C14H23N3/c1-10(2)13-5-7-17(8-6-13)14-15-9-11(3)12(4)16-14/h9-10,13H,5-8H2,1-4H3. The molecule has 0 radical (unpaired) electrons. The molecule has 94 valence electrons. The van der Waals surface area contributed by atoms with Crippen molar-refractivity contribution in [1.82, 2.24) is 9.97 Å². The summed E-state index contributed by atoms with van der Waals surface area (Å²) >= 11 is 0. The number of aromatic nitrogens is 2.